The van der Waals surface area contributed by atoms with Gasteiger partial charge in [-0.2, -0.15) is 11.3 Å². The van der Waals surface area contributed by atoms with Gasteiger partial charge in [0.25, 0.3) is 0 Å². The number of fused-ring (bicyclic) bond motifs is 3. The van der Waals surface area contributed by atoms with Crippen molar-refractivity contribution in [1.82, 2.24) is 9.97 Å². The maximum absolute atomic E-state index is 14.4. The molecule has 1 radical (unpaired) electrons. The first kappa shape index (κ1) is 27.7. The molecule has 0 saturated carbocycles. The van der Waals surface area contributed by atoms with Crippen molar-refractivity contribution in [3.05, 3.63) is 139 Å². The van der Waals surface area contributed by atoms with Crippen molar-refractivity contribution in [2.24, 2.45) is 0 Å². The number of aromatic nitrogens is 2. The van der Waals surface area contributed by atoms with E-state index in [1.165, 1.54) is 28.8 Å². The van der Waals surface area contributed by atoms with Gasteiger partial charge in [0.05, 0.1) is 12.8 Å². The molecule has 0 unspecified atom stereocenters. The average molecular weight is 790 g/mol. The molecule has 0 spiro atoms. The Morgan fingerprint density at radius 3 is 2.23 bits per heavy atom. The third kappa shape index (κ3) is 6.64. The predicted octanol–water partition coefficient (Wildman–Crippen LogP) is 10.1. The van der Waals surface area contributed by atoms with Crippen molar-refractivity contribution in [3.8, 4) is 33.6 Å². The van der Waals surface area contributed by atoms with Crippen molar-refractivity contribution in [2.45, 2.75) is 26.5 Å². The minimum atomic E-state index is -2.28. The van der Waals surface area contributed by atoms with Crippen LogP contribution in [-0.2, 0) is 20.1 Å². The van der Waals surface area contributed by atoms with E-state index < -0.39 is 14.9 Å². The number of halogens is 1. The molecule has 7 rings (SSSR count). The van der Waals surface area contributed by atoms with Crippen LogP contribution in [0.5, 0.6) is 0 Å². The van der Waals surface area contributed by atoms with Crippen molar-refractivity contribution < 1.29 is 28.6 Å². The Kier molecular flexibility index (Phi) is 8.48. The first-order chi connectivity index (χ1) is 22.0. The van der Waals surface area contributed by atoms with Crippen molar-refractivity contribution in [3.63, 3.8) is 0 Å². The van der Waals surface area contributed by atoms with E-state index in [-0.39, 0.29) is 31.5 Å². The molecule has 6 heteroatoms. The molecule has 221 valence electrons. The first-order valence-electron chi connectivity index (χ1n) is 15.5. The zero-order valence-electron chi connectivity index (χ0n) is 27.5. The Morgan fingerprint density at radius 2 is 1.52 bits per heavy atom. The second-order valence-corrected chi connectivity index (χ2v) is 17.4. The topological polar surface area (TPSA) is 25.8 Å². The number of rotatable bonds is 4. The molecule has 2 nitrogen and oxygen atoms in total. The molecule has 3 aromatic heterocycles. The number of hydrogen-bond donors (Lipinski definition) is 0. The largest absolute Gasteiger partial charge is 0.305 e. The van der Waals surface area contributed by atoms with Crippen molar-refractivity contribution >= 4 is 44.8 Å². The molecule has 0 saturated heterocycles. The predicted molar refractivity (Wildman–Crippen MR) is 183 cm³/mol. The summed E-state index contributed by atoms with van der Waals surface area (Å²) in [5.41, 5.74) is 5.03. The first-order valence-corrected chi connectivity index (χ1v) is 18.3. The van der Waals surface area contributed by atoms with Crippen LogP contribution in [0.3, 0.4) is 0 Å². The molecule has 0 amide bonds. The second kappa shape index (κ2) is 13.5. The third-order valence-electron chi connectivity index (χ3n) is 7.27. The van der Waals surface area contributed by atoms with Gasteiger partial charge in [-0.1, -0.05) is 85.7 Å². The standard InChI is InChI=1S/C24H15FNS.C14H16NSi.Ir/c1-15-14-26-22(13-20(15)16-7-3-2-4-8-16)19-11-5-9-17-18-10-6-12-21(25)24(18)27-23(17)19;1-16(2,3)13-9-10-14(15-11-13)12-7-5-4-6-8-12;/h2-10,12-14H,1H3;4-7,9-11H,1-3H3;/q2*-1;/i1D3;;. The Bertz CT molecular complexity index is 2130. The summed E-state index contributed by atoms with van der Waals surface area (Å²) >= 11 is 1.36. The van der Waals surface area contributed by atoms with E-state index in [1.807, 2.05) is 72.9 Å². The fourth-order valence-electron chi connectivity index (χ4n) is 4.92. The maximum atomic E-state index is 14.4. The molecule has 0 aliphatic carbocycles. The van der Waals surface area contributed by atoms with Gasteiger partial charge < -0.3 is 9.97 Å². The third-order valence-corrected chi connectivity index (χ3v) is 10.5. The summed E-state index contributed by atoms with van der Waals surface area (Å²) in [7, 11) is -1.23. The van der Waals surface area contributed by atoms with E-state index in [1.54, 1.807) is 18.2 Å². The smallest absolute Gasteiger partial charge is 0.140 e. The number of benzene rings is 4. The average Bonchev–Trinajstić information content (AvgIpc) is 3.45. The fourth-order valence-corrected chi connectivity index (χ4v) is 7.16. The van der Waals surface area contributed by atoms with E-state index in [2.05, 4.69) is 53.9 Å². The summed E-state index contributed by atoms with van der Waals surface area (Å²) in [6, 6.07) is 38.7. The monoisotopic (exact) mass is 790 g/mol. The molecule has 0 aliphatic heterocycles. The maximum Gasteiger partial charge on any atom is 0.140 e. The van der Waals surface area contributed by atoms with E-state index in [0.29, 0.717) is 16.0 Å². The Morgan fingerprint density at radius 1 is 0.750 bits per heavy atom. The van der Waals surface area contributed by atoms with Gasteiger partial charge in [0, 0.05) is 36.6 Å². The van der Waals surface area contributed by atoms with Gasteiger partial charge in [0.15, 0.2) is 0 Å². The number of nitrogens with zero attached hydrogens (tertiary/aromatic N) is 2. The number of hydrogen-bond acceptors (Lipinski definition) is 3. The number of aryl methyl sites for hydroxylation is 1. The van der Waals surface area contributed by atoms with Crippen molar-refractivity contribution in [1.29, 1.82) is 0 Å². The van der Waals surface area contributed by atoms with Gasteiger partial charge >= 0.3 is 0 Å². The van der Waals surface area contributed by atoms with Gasteiger partial charge in [-0.05, 0) is 56.3 Å². The molecular weight excluding hydrogens is 756 g/mol. The molecule has 3 heterocycles. The number of pyridine rings is 2. The van der Waals surface area contributed by atoms with Crippen LogP contribution >= 0.6 is 11.3 Å². The van der Waals surface area contributed by atoms with Crippen LogP contribution in [0, 0.1) is 24.8 Å². The van der Waals surface area contributed by atoms with Crippen LogP contribution in [0.1, 0.15) is 9.68 Å². The quantitative estimate of drug-likeness (QED) is 0.131. The van der Waals surface area contributed by atoms with Gasteiger partial charge in [0.2, 0.25) is 0 Å². The summed E-state index contributed by atoms with van der Waals surface area (Å²) in [6.07, 6.45) is 3.44. The zero-order valence-corrected chi connectivity index (χ0v) is 28.7. The van der Waals surface area contributed by atoms with E-state index in [0.717, 1.165) is 37.9 Å². The molecule has 0 atom stereocenters. The summed E-state index contributed by atoms with van der Waals surface area (Å²) in [5, 5.41) is 3.19. The normalized spacial score (nSPS) is 12.4. The summed E-state index contributed by atoms with van der Waals surface area (Å²) in [5.74, 6) is -0.254. The molecule has 44 heavy (non-hydrogen) atoms. The SMILES string of the molecule is C[Si](C)(C)c1ccc(-c2[c-]cccc2)nc1.[2H]C([2H])([2H])c1cnc(-c2[c-]ccc3c2sc2c(F)cccc23)cc1-c1ccccc1.[Ir]. The Hall–Kier alpha value is -3.80. The summed E-state index contributed by atoms with van der Waals surface area (Å²) < 4.78 is 39.6. The van der Waals surface area contributed by atoms with Crippen LogP contribution in [0.4, 0.5) is 4.39 Å². The Balaban J connectivity index is 0.000000217. The molecule has 4 aromatic carbocycles. The molecule has 0 fully saturated rings. The molecule has 7 aromatic rings. The summed E-state index contributed by atoms with van der Waals surface area (Å²) in [6.45, 7) is 4.71. The van der Waals surface area contributed by atoms with E-state index >= 15 is 0 Å². The fraction of sp³-hybridized carbons (Fsp3) is 0.105. The second-order valence-electron chi connectivity index (χ2n) is 11.3. The molecule has 0 N–H and O–H groups in total. The van der Waals surface area contributed by atoms with Gasteiger partial charge in [-0.25, -0.2) is 4.39 Å². The van der Waals surface area contributed by atoms with Crippen molar-refractivity contribution in [2.75, 3.05) is 0 Å². The van der Waals surface area contributed by atoms with Gasteiger partial charge in [-0.15, -0.1) is 59.7 Å². The zero-order chi connectivity index (χ0) is 32.5. The van der Waals surface area contributed by atoms with E-state index in [9.17, 15) is 4.39 Å². The van der Waals surface area contributed by atoms with Crippen LogP contribution in [0.2, 0.25) is 19.6 Å². The van der Waals surface area contributed by atoms with Crippen LogP contribution in [0.15, 0.2) is 116 Å². The Labute approximate surface area is 281 Å². The minimum absolute atomic E-state index is 0. The number of thiophene rings is 1. The van der Waals surface area contributed by atoms with Crippen LogP contribution in [0.25, 0.3) is 53.8 Å². The van der Waals surface area contributed by atoms with Crippen LogP contribution in [-0.4, -0.2) is 18.0 Å². The van der Waals surface area contributed by atoms with Crippen LogP contribution < -0.4 is 5.19 Å². The minimum Gasteiger partial charge on any atom is -0.305 e. The summed E-state index contributed by atoms with van der Waals surface area (Å²) in [4.78, 5) is 8.98. The van der Waals surface area contributed by atoms with Gasteiger partial charge in [-0.3, -0.25) is 0 Å². The molecule has 0 aliphatic rings. The van der Waals surface area contributed by atoms with E-state index in [4.69, 9.17) is 4.11 Å². The molecular formula is C38H31FIrN2SSi-2. The molecule has 0 bridgehead atoms. The van der Waals surface area contributed by atoms with Gasteiger partial charge in [0.1, 0.15) is 5.82 Å².